The summed E-state index contributed by atoms with van der Waals surface area (Å²) in [5.41, 5.74) is 0. The highest BCUT2D eigenvalue weighted by Crippen LogP contribution is 2.07. The van der Waals surface area contributed by atoms with E-state index in [0.717, 1.165) is 0 Å². The summed E-state index contributed by atoms with van der Waals surface area (Å²) in [6, 6.07) is 0.560. The summed E-state index contributed by atoms with van der Waals surface area (Å²) in [6.45, 7) is 9.16. The fourth-order valence-electron chi connectivity index (χ4n) is 1.30. The van der Waals surface area contributed by atoms with E-state index >= 15 is 0 Å². The van der Waals surface area contributed by atoms with Crippen molar-refractivity contribution in [3.8, 4) is 0 Å². The van der Waals surface area contributed by atoms with E-state index in [9.17, 15) is 0 Å². The second-order valence-corrected chi connectivity index (χ2v) is 3.90. The molecule has 0 fully saturated rings. The van der Waals surface area contributed by atoms with Crippen molar-refractivity contribution < 1.29 is 5.11 Å². The van der Waals surface area contributed by atoms with E-state index in [2.05, 4.69) is 26.1 Å². The minimum absolute atomic E-state index is 0.233. The Balaban J connectivity index is 3.63. The first kappa shape index (κ1) is 11.9. The van der Waals surface area contributed by atoms with Gasteiger partial charge in [-0.3, -0.25) is 0 Å². The average molecular weight is 173 g/mol. The van der Waals surface area contributed by atoms with E-state index in [1.54, 1.807) is 0 Å². The summed E-state index contributed by atoms with van der Waals surface area (Å²) >= 11 is 0. The Morgan fingerprint density at radius 1 is 1.25 bits per heavy atom. The topological polar surface area (TPSA) is 32.3 Å². The zero-order valence-corrected chi connectivity index (χ0v) is 8.80. The van der Waals surface area contributed by atoms with Gasteiger partial charge < -0.3 is 10.4 Å². The van der Waals surface area contributed by atoms with Crippen LogP contribution in [0.25, 0.3) is 0 Å². The largest absolute Gasteiger partial charge is 0.392 e. The number of hydrogen-bond donors (Lipinski definition) is 2. The maximum absolute atomic E-state index is 9.09. The molecule has 0 aliphatic rings. The van der Waals surface area contributed by atoms with E-state index in [0.29, 0.717) is 18.5 Å². The van der Waals surface area contributed by atoms with Crippen molar-refractivity contribution in [2.24, 2.45) is 5.92 Å². The molecule has 0 aliphatic heterocycles. The Bertz CT molecular complexity index is 102. The first-order chi connectivity index (χ1) is 5.57. The maximum atomic E-state index is 9.09. The standard InChI is InChI=1S/C10H23NO/c1-5-6-10(8(2)3)11-7-9(4)12/h8-12H,5-7H2,1-4H3/t9-,10?/m0/s1. The lowest BCUT2D eigenvalue weighted by Crippen LogP contribution is -2.37. The molecule has 0 aliphatic carbocycles. The molecule has 2 N–H and O–H groups in total. The van der Waals surface area contributed by atoms with Crippen LogP contribution in [0, 0.1) is 5.92 Å². The quantitative estimate of drug-likeness (QED) is 0.641. The first-order valence-corrected chi connectivity index (χ1v) is 4.99. The molecule has 12 heavy (non-hydrogen) atoms. The van der Waals surface area contributed by atoms with E-state index in [4.69, 9.17) is 5.11 Å². The molecule has 74 valence electrons. The molecule has 0 radical (unpaired) electrons. The van der Waals surface area contributed by atoms with Crippen molar-refractivity contribution >= 4 is 0 Å². The number of aliphatic hydroxyl groups excluding tert-OH is 1. The van der Waals surface area contributed by atoms with Gasteiger partial charge in [0, 0.05) is 12.6 Å². The van der Waals surface area contributed by atoms with Gasteiger partial charge in [-0.25, -0.2) is 0 Å². The fourth-order valence-corrected chi connectivity index (χ4v) is 1.30. The first-order valence-electron chi connectivity index (χ1n) is 4.99. The summed E-state index contributed by atoms with van der Waals surface area (Å²) in [4.78, 5) is 0. The summed E-state index contributed by atoms with van der Waals surface area (Å²) in [6.07, 6.45) is 2.17. The number of nitrogens with one attached hydrogen (secondary N) is 1. The van der Waals surface area contributed by atoms with Gasteiger partial charge >= 0.3 is 0 Å². The molecule has 0 spiro atoms. The van der Waals surface area contributed by atoms with E-state index < -0.39 is 0 Å². The Labute approximate surface area is 76.4 Å². The second-order valence-electron chi connectivity index (χ2n) is 3.90. The maximum Gasteiger partial charge on any atom is 0.0636 e. The van der Waals surface area contributed by atoms with Crippen LogP contribution in [0.2, 0.25) is 0 Å². The van der Waals surface area contributed by atoms with E-state index in [-0.39, 0.29) is 6.10 Å². The van der Waals surface area contributed by atoms with E-state index in [1.165, 1.54) is 12.8 Å². The normalized spacial score (nSPS) is 16.5. The summed E-state index contributed by atoms with van der Waals surface area (Å²) < 4.78 is 0. The van der Waals surface area contributed by atoms with Crippen LogP contribution in [-0.4, -0.2) is 23.8 Å². The van der Waals surface area contributed by atoms with Gasteiger partial charge in [0.05, 0.1) is 6.10 Å². The molecule has 0 heterocycles. The Morgan fingerprint density at radius 3 is 2.17 bits per heavy atom. The van der Waals surface area contributed by atoms with E-state index in [1.807, 2.05) is 6.92 Å². The van der Waals surface area contributed by atoms with Gasteiger partial charge in [0.15, 0.2) is 0 Å². The van der Waals surface area contributed by atoms with Crippen molar-refractivity contribution in [2.45, 2.75) is 52.7 Å². The highest BCUT2D eigenvalue weighted by atomic mass is 16.3. The van der Waals surface area contributed by atoms with Crippen molar-refractivity contribution in [2.75, 3.05) is 6.54 Å². The van der Waals surface area contributed by atoms with Crippen molar-refractivity contribution in [1.82, 2.24) is 5.32 Å². The molecule has 2 atom stereocenters. The molecule has 1 unspecified atom stereocenters. The van der Waals surface area contributed by atoms with Gasteiger partial charge in [-0.1, -0.05) is 27.2 Å². The molecule has 0 aromatic carbocycles. The lowest BCUT2D eigenvalue weighted by Gasteiger charge is -2.22. The number of rotatable bonds is 6. The third-order valence-corrected chi connectivity index (χ3v) is 2.08. The van der Waals surface area contributed by atoms with Crippen LogP contribution in [0.3, 0.4) is 0 Å². The minimum Gasteiger partial charge on any atom is -0.392 e. The lowest BCUT2D eigenvalue weighted by atomic mass is 9.99. The highest BCUT2D eigenvalue weighted by molar-refractivity contribution is 4.70. The van der Waals surface area contributed by atoms with Crippen molar-refractivity contribution in [1.29, 1.82) is 0 Å². The predicted molar refractivity (Wildman–Crippen MR) is 53.2 cm³/mol. The Kier molecular flexibility index (Phi) is 6.39. The summed E-state index contributed by atoms with van der Waals surface area (Å²) in [5, 5.41) is 12.5. The van der Waals surface area contributed by atoms with Crippen LogP contribution >= 0.6 is 0 Å². The number of hydrogen-bond acceptors (Lipinski definition) is 2. The number of aliphatic hydroxyl groups is 1. The van der Waals surface area contributed by atoms with Gasteiger partial charge in [-0.05, 0) is 19.3 Å². The average Bonchev–Trinajstić information content (AvgIpc) is 1.96. The Hall–Kier alpha value is -0.0800. The third-order valence-electron chi connectivity index (χ3n) is 2.08. The zero-order chi connectivity index (χ0) is 9.56. The summed E-state index contributed by atoms with van der Waals surface area (Å²) in [7, 11) is 0. The van der Waals surface area contributed by atoms with Gasteiger partial charge in [-0.2, -0.15) is 0 Å². The van der Waals surface area contributed by atoms with Crippen LogP contribution < -0.4 is 5.32 Å². The fraction of sp³-hybridized carbons (Fsp3) is 1.00. The second kappa shape index (κ2) is 6.44. The van der Waals surface area contributed by atoms with Crippen LogP contribution in [0.4, 0.5) is 0 Å². The van der Waals surface area contributed by atoms with Gasteiger partial charge in [0.25, 0.3) is 0 Å². The van der Waals surface area contributed by atoms with Crippen molar-refractivity contribution in [3.63, 3.8) is 0 Å². The lowest BCUT2D eigenvalue weighted by molar-refractivity contribution is 0.180. The van der Waals surface area contributed by atoms with Gasteiger partial charge in [0.1, 0.15) is 0 Å². The molecule has 2 nitrogen and oxygen atoms in total. The van der Waals surface area contributed by atoms with Gasteiger partial charge in [0.2, 0.25) is 0 Å². The van der Waals surface area contributed by atoms with Gasteiger partial charge in [-0.15, -0.1) is 0 Å². The van der Waals surface area contributed by atoms with Crippen molar-refractivity contribution in [3.05, 3.63) is 0 Å². The molecular formula is C10H23NO. The monoisotopic (exact) mass is 173 g/mol. The van der Waals surface area contributed by atoms with Crippen LogP contribution in [0.1, 0.15) is 40.5 Å². The molecular weight excluding hydrogens is 150 g/mol. The van der Waals surface area contributed by atoms with Crippen LogP contribution in [-0.2, 0) is 0 Å². The molecule has 2 heteroatoms. The third kappa shape index (κ3) is 5.56. The minimum atomic E-state index is -0.233. The molecule has 0 saturated heterocycles. The van der Waals surface area contributed by atoms with Crippen LogP contribution in [0.5, 0.6) is 0 Å². The summed E-state index contributed by atoms with van der Waals surface area (Å²) in [5.74, 6) is 0.656. The molecule has 0 bridgehead atoms. The molecule has 0 rings (SSSR count). The smallest absolute Gasteiger partial charge is 0.0636 e. The molecule has 0 saturated carbocycles. The highest BCUT2D eigenvalue weighted by Gasteiger charge is 2.11. The molecule has 0 aromatic rings. The zero-order valence-electron chi connectivity index (χ0n) is 8.80. The Morgan fingerprint density at radius 2 is 1.83 bits per heavy atom. The molecule has 0 amide bonds. The van der Waals surface area contributed by atoms with Crippen LogP contribution in [0.15, 0.2) is 0 Å². The molecule has 0 aromatic heterocycles. The SMILES string of the molecule is CCCC(NC[C@H](C)O)C(C)C. The predicted octanol–water partition coefficient (Wildman–Crippen LogP) is 1.78.